The Morgan fingerprint density at radius 3 is 2.62 bits per heavy atom. The van der Waals surface area contributed by atoms with Crippen LogP contribution in [0.4, 0.5) is 0 Å². The lowest BCUT2D eigenvalue weighted by molar-refractivity contribution is -0.117. The Hall–Kier alpha value is -2.09. The smallest absolute Gasteiger partial charge is 0.228 e. The van der Waals surface area contributed by atoms with Gasteiger partial charge < -0.3 is 14.2 Å². The van der Waals surface area contributed by atoms with Crippen molar-refractivity contribution in [3.8, 4) is 17.6 Å². The number of ether oxygens (including phenoxy) is 3. The second kappa shape index (κ2) is 9.76. The number of methoxy groups -OCH3 is 1. The highest BCUT2D eigenvalue weighted by molar-refractivity contribution is 6.06. The zero-order valence-corrected chi connectivity index (χ0v) is 12.6. The zero-order valence-electron chi connectivity index (χ0n) is 12.6. The van der Waals surface area contributed by atoms with Crippen LogP contribution in [-0.2, 0) is 14.3 Å². The number of carbonyl (C=O) groups excluding carboxylic acids is 1. The molecular weight excluding hydrogens is 268 g/mol. The fraction of sp³-hybridized carbons (Fsp3) is 0.353. The molecule has 1 unspecified atom stereocenters. The summed E-state index contributed by atoms with van der Waals surface area (Å²) in [6, 6.07) is 7.39. The van der Waals surface area contributed by atoms with Crippen LogP contribution >= 0.6 is 0 Å². The molecule has 0 heterocycles. The summed E-state index contributed by atoms with van der Waals surface area (Å²) >= 11 is 0. The van der Waals surface area contributed by atoms with Crippen molar-refractivity contribution in [3.63, 3.8) is 0 Å². The van der Waals surface area contributed by atoms with E-state index in [0.29, 0.717) is 6.61 Å². The molecule has 1 aromatic rings. The van der Waals surface area contributed by atoms with Gasteiger partial charge in [0.15, 0.2) is 6.29 Å². The highest BCUT2D eigenvalue weighted by atomic mass is 16.7. The summed E-state index contributed by atoms with van der Waals surface area (Å²) in [5.74, 6) is 5.66. The van der Waals surface area contributed by atoms with Crippen LogP contribution in [0.25, 0.3) is 6.08 Å². The average Bonchev–Trinajstić information content (AvgIpc) is 2.50. The predicted molar refractivity (Wildman–Crippen MR) is 81.9 cm³/mol. The topological polar surface area (TPSA) is 44.8 Å². The van der Waals surface area contributed by atoms with Crippen LogP contribution in [-0.4, -0.2) is 32.4 Å². The summed E-state index contributed by atoms with van der Waals surface area (Å²) in [5, 5.41) is 0. The summed E-state index contributed by atoms with van der Waals surface area (Å²) in [4.78, 5) is 11.5. The minimum Gasteiger partial charge on any atom is -0.497 e. The molecule has 4 nitrogen and oxygen atoms in total. The molecule has 0 bridgehead atoms. The summed E-state index contributed by atoms with van der Waals surface area (Å²) in [6.07, 6.45) is 2.83. The van der Waals surface area contributed by atoms with Gasteiger partial charge in [-0.2, -0.15) is 0 Å². The van der Waals surface area contributed by atoms with Crippen molar-refractivity contribution < 1.29 is 19.0 Å². The van der Waals surface area contributed by atoms with Crippen molar-refractivity contribution in [2.75, 3.05) is 20.3 Å². The van der Waals surface area contributed by atoms with E-state index in [2.05, 4.69) is 11.8 Å². The lowest BCUT2D eigenvalue weighted by Crippen LogP contribution is -2.12. The van der Waals surface area contributed by atoms with Gasteiger partial charge in [-0.05, 0) is 43.5 Å². The minimum atomic E-state index is -0.311. The molecule has 0 spiro atoms. The summed E-state index contributed by atoms with van der Waals surface area (Å²) in [7, 11) is 1.61. The normalized spacial score (nSPS) is 11.8. The standard InChI is InChI=1S/C17H20O4/c1-4-20-14(2)21-13-5-6-16(18)10-7-15-8-11-17(19-3)12-9-15/h7-12,14H,4,13H2,1-3H3/b10-7+. The monoisotopic (exact) mass is 288 g/mol. The SMILES string of the molecule is CCOC(C)OCC#CC(=O)/C=C/c1ccc(OC)cc1. The van der Waals surface area contributed by atoms with E-state index in [9.17, 15) is 4.79 Å². The van der Waals surface area contributed by atoms with Gasteiger partial charge in [-0.1, -0.05) is 24.1 Å². The van der Waals surface area contributed by atoms with Crippen LogP contribution in [0, 0.1) is 11.8 Å². The summed E-state index contributed by atoms with van der Waals surface area (Å²) < 4.78 is 15.5. The van der Waals surface area contributed by atoms with Gasteiger partial charge in [-0.25, -0.2) is 0 Å². The maximum atomic E-state index is 11.5. The molecular formula is C17H20O4. The van der Waals surface area contributed by atoms with Crippen LogP contribution in [0.2, 0.25) is 0 Å². The van der Waals surface area contributed by atoms with Gasteiger partial charge >= 0.3 is 0 Å². The predicted octanol–water partition coefficient (Wildman–Crippen LogP) is 2.68. The number of benzene rings is 1. The molecule has 0 radical (unpaired) electrons. The molecule has 0 saturated carbocycles. The highest BCUT2D eigenvalue weighted by Crippen LogP contribution is 2.12. The van der Waals surface area contributed by atoms with Gasteiger partial charge in [0.1, 0.15) is 12.4 Å². The van der Waals surface area contributed by atoms with Crippen molar-refractivity contribution in [1.29, 1.82) is 0 Å². The van der Waals surface area contributed by atoms with Gasteiger partial charge in [0.2, 0.25) is 5.78 Å². The molecule has 21 heavy (non-hydrogen) atoms. The number of ketones is 1. The third kappa shape index (κ3) is 7.31. The van der Waals surface area contributed by atoms with E-state index in [0.717, 1.165) is 11.3 Å². The Labute approximate surface area is 125 Å². The lowest BCUT2D eigenvalue weighted by Gasteiger charge is -2.09. The van der Waals surface area contributed by atoms with Crippen LogP contribution in [0.3, 0.4) is 0 Å². The van der Waals surface area contributed by atoms with E-state index >= 15 is 0 Å². The van der Waals surface area contributed by atoms with Crippen molar-refractivity contribution in [1.82, 2.24) is 0 Å². The summed E-state index contributed by atoms with van der Waals surface area (Å²) in [5.41, 5.74) is 0.909. The van der Waals surface area contributed by atoms with Crippen molar-refractivity contribution in [2.24, 2.45) is 0 Å². The van der Waals surface area contributed by atoms with Crippen molar-refractivity contribution in [2.45, 2.75) is 20.1 Å². The molecule has 0 fully saturated rings. The molecule has 0 N–H and O–H groups in total. The van der Waals surface area contributed by atoms with Gasteiger partial charge in [0.05, 0.1) is 7.11 Å². The van der Waals surface area contributed by atoms with E-state index < -0.39 is 0 Å². The van der Waals surface area contributed by atoms with Crippen LogP contribution in [0.5, 0.6) is 5.75 Å². The zero-order chi connectivity index (χ0) is 15.5. The van der Waals surface area contributed by atoms with E-state index in [1.807, 2.05) is 31.2 Å². The third-order valence-electron chi connectivity index (χ3n) is 2.55. The number of allylic oxidation sites excluding steroid dienone is 1. The van der Waals surface area contributed by atoms with E-state index in [4.69, 9.17) is 14.2 Å². The van der Waals surface area contributed by atoms with Crippen LogP contribution in [0.15, 0.2) is 30.3 Å². The van der Waals surface area contributed by atoms with E-state index in [-0.39, 0.29) is 18.7 Å². The number of rotatable bonds is 7. The molecule has 0 aliphatic carbocycles. The molecule has 0 aromatic heterocycles. The molecule has 1 rings (SSSR count). The molecule has 0 aliphatic heterocycles. The first-order valence-electron chi connectivity index (χ1n) is 6.74. The Balaban J connectivity index is 2.40. The Morgan fingerprint density at radius 1 is 1.29 bits per heavy atom. The molecule has 0 aliphatic rings. The minimum absolute atomic E-state index is 0.170. The molecule has 1 atom stereocenters. The summed E-state index contributed by atoms with van der Waals surface area (Å²) in [6.45, 7) is 4.43. The van der Waals surface area contributed by atoms with Crippen molar-refractivity contribution in [3.05, 3.63) is 35.9 Å². The van der Waals surface area contributed by atoms with E-state index in [1.165, 1.54) is 6.08 Å². The average molecular weight is 288 g/mol. The third-order valence-corrected chi connectivity index (χ3v) is 2.55. The maximum Gasteiger partial charge on any atom is 0.228 e. The van der Waals surface area contributed by atoms with Crippen LogP contribution < -0.4 is 4.74 Å². The Morgan fingerprint density at radius 2 is 2.00 bits per heavy atom. The molecule has 0 amide bonds. The number of carbonyl (C=O) groups is 1. The number of hydrogen-bond donors (Lipinski definition) is 0. The highest BCUT2D eigenvalue weighted by Gasteiger charge is 1.97. The fourth-order valence-corrected chi connectivity index (χ4v) is 1.49. The quantitative estimate of drug-likeness (QED) is 0.335. The van der Waals surface area contributed by atoms with Gasteiger partial charge in [0.25, 0.3) is 0 Å². The first-order valence-corrected chi connectivity index (χ1v) is 6.74. The number of hydrogen-bond acceptors (Lipinski definition) is 4. The van der Waals surface area contributed by atoms with Crippen LogP contribution in [0.1, 0.15) is 19.4 Å². The van der Waals surface area contributed by atoms with Gasteiger partial charge in [-0.15, -0.1) is 0 Å². The van der Waals surface area contributed by atoms with E-state index in [1.54, 1.807) is 20.1 Å². The molecule has 4 heteroatoms. The van der Waals surface area contributed by atoms with Gasteiger partial charge in [0, 0.05) is 6.61 Å². The van der Waals surface area contributed by atoms with Crippen molar-refractivity contribution >= 4 is 11.9 Å². The maximum absolute atomic E-state index is 11.5. The lowest BCUT2D eigenvalue weighted by atomic mass is 10.2. The molecule has 112 valence electrons. The van der Waals surface area contributed by atoms with Gasteiger partial charge in [-0.3, -0.25) is 4.79 Å². The fourth-order valence-electron chi connectivity index (χ4n) is 1.49. The Kier molecular flexibility index (Phi) is 7.88. The Bertz CT molecular complexity index is 520. The first-order chi connectivity index (χ1) is 10.2. The second-order valence-electron chi connectivity index (χ2n) is 4.11. The molecule has 1 aromatic carbocycles. The first kappa shape index (κ1) is 17.0. The molecule has 0 saturated heterocycles. The second-order valence-corrected chi connectivity index (χ2v) is 4.11. The largest absolute Gasteiger partial charge is 0.497 e.